The van der Waals surface area contributed by atoms with Gasteiger partial charge in [0.05, 0.1) is 17.4 Å². The monoisotopic (exact) mass is 800 g/mol. The number of thioether (sulfide) groups is 4. The normalized spacial score (nSPS) is 40.9. The van der Waals surface area contributed by atoms with Crippen molar-refractivity contribution < 1.29 is 34.5 Å². The number of fused-ring (bicyclic) bond motifs is 11. The van der Waals surface area contributed by atoms with E-state index in [2.05, 4.69) is 10.6 Å². The number of hydrogen-bond donors (Lipinski definition) is 5. The van der Waals surface area contributed by atoms with Crippen LogP contribution >= 0.6 is 47.0 Å². The quantitative estimate of drug-likeness (QED) is 0.275. The van der Waals surface area contributed by atoms with E-state index in [-0.39, 0.29) is 11.8 Å². The molecule has 0 unspecified atom stereocenters. The summed E-state index contributed by atoms with van der Waals surface area (Å²) in [4.78, 5) is 59.8. The summed E-state index contributed by atoms with van der Waals surface area (Å²) in [5, 5.41) is 45.2. The van der Waals surface area contributed by atoms with Crippen molar-refractivity contribution in [2.45, 2.75) is 68.7 Å². The highest BCUT2D eigenvalue weighted by molar-refractivity contribution is 8.02. The SMILES string of the molecule is CS[C@@]1(CO)C(=O)N2[C@@H]3Nc4ccccc4[C@]3([C@@]34c5ccccc5N[C@@H]3N3C(=O)[C@@](SC)(C(C)C)N(C)C(=O)[C@@]3(SC)[C@H]4O)[C@H](O)[C@]2(SC)C(=O)N1C. The molecule has 53 heavy (non-hydrogen) atoms. The Morgan fingerprint density at radius 3 is 1.49 bits per heavy atom. The van der Waals surface area contributed by atoms with Crippen LogP contribution in [-0.4, -0.2) is 148 Å². The van der Waals surface area contributed by atoms with Gasteiger partial charge in [-0.2, -0.15) is 0 Å². The van der Waals surface area contributed by atoms with Gasteiger partial charge in [0.25, 0.3) is 23.6 Å². The lowest BCUT2D eigenvalue weighted by atomic mass is 9.52. The zero-order valence-corrected chi connectivity index (χ0v) is 33.9. The fraction of sp³-hybridized carbons (Fsp3) is 0.556. The van der Waals surface area contributed by atoms with Crippen molar-refractivity contribution in [3.63, 3.8) is 0 Å². The lowest BCUT2D eigenvalue weighted by Gasteiger charge is -2.55. The number of amides is 4. The highest BCUT2D eigenvalue weighted by Gasteiger charge is 2.91. The minimum atomic E-state index is -1.95. The zero-order valence-electron chi connectivity index (χ0n) is 30.6. The molecule has 0 aromatic heterocycles. The van der Waals surface area contributed by atoms with Crippen LogP contribution in [-0.2, 0) is 30.0 Å². The van der Waals surface area contributed by atoms with E-state index in [1.165, 1.54) is 38.4 Å². The van der Waals surface area contributed by atoms with Crippen LogP contribution in [0.2, 0.25) is 0 Å². The lowest BCUT2D eigenvalue weighted by Crippen LogP contribution is -2.76. The Kier molecular flexibility index (Phi) is 8.14. The second kappa shape index (κ2) is 11.6. The molecule has 0 spiro atoms. The number of para-hydroxylation sites is 2. The maximum Gasteiger partial charge on any atom is 0.264 e. The molecule has 5 N–H and O–H groups in total. The number of aliphatic hydroxyl groups excluding tert-OH is 3. The molecule has 6 heterocycles. The van der Waals surface area contributed by atoms with Gasteiger partial charge in [-0.3, -0.25) is 29.0 Å². The molecule has 10 atom stereocenters. The molecule has 0 radical (unpaired) electrons. The van der Waals surface area contributed by atoms with Crippen molar-refractivity contribution in [2.24, 2.45) is 5.92 Å². The van der Waals surface area contributed by atoms with E-state index in [4.69, 9.17) is 0 Å². The fourth-order valence-corrected chi connectivity index (χ4v) is 15.1. The van der Waals surface area contributed by atoms with Crippen LogP contribution in [0, 0.1) is 5.92 Å². The molecule has 6 aliphatic heterocycles. The molecule has 4 saturated heterocycles. The maximum atomic E-state index is 15.5. The third kappa shape index (κ3) is 3.49. The Bertz CT molecular complexity index is 1970. The summed E-state index contributed by atoms with van der Waals surface area (Å²) in [6.07, 6.45) is 1.02. The van der Waals surface area contributed by atoms with E-state index in [0.29, 0.717) is 22.5 Å². The molecular weight excluding hydrogens is 757 g/mol. The van der Waals surface area contributed by atoms with Crippen molar-refractivity contribution in [1.29, 1.82) is 0 Å². The van der Waals surface area contributed by atoms with Crippen molar-refractivity contribution in [3.8, 4) is 0 Å². The van der Waals surface area contributed by atoms with Crippen molar-refractivity contribution in [1.82, 2.24) is 19.6 Å². The number of nitrogens with zero attached hydrogens (tertiary/aromatic N) is 4. The number of anilines is 2. The van der Waals surface area contributed by atoms with Gasteiger partial charge in [0, 0.05) is 25.5 Å². The molecule has 13 nitrogen and oxygen atoms in total. The van der Waals surface area contributed by atoms with Gasteiger partial charge in [-0.1, -0.05) is 50.2 Å². The molecule has 0 bridgehead atoms. The highest BCUT2D eigenvalue weighted by atomic mass is 32.2. The molecule has 6 aliphatic rings. The van der Waals surface area contributed by atoms with Crippen LogP contribution in [0.5, 0.6) is 0 Å². The number of nitrogens with one attached hydrogen (secondary N) is 2. The van der Waals surface area contributed by atoms with Crippen LogP contribution < -0.4 is 10.6 Å². The van der Waals surface area contributed by atoms with Gasteiger partial charge in [0.2, 0.25) is 0 Å². The van der Waals surface area contributed by atoms with Gasteiger partial charge >= 0.3 is 0 Å². The average Bonchev–Trinajstić information content (AvgIpc) is 3.81. The number of carbonyl (C=O) groups excluding carboxylic acids is 4. The molecule has 8 rings (SSSR count). The average molecular weight is 801 g/mol. The molecule has 2 aromatic carbocycles. The number of piperazine rings is 2. The highest BCUT2D eigenvalue weighted by Crippen LogP contribution is 2.74. The number of likely N-dealkylation sites (N-methyl/N-ethyl adjacent to an activating group) is 2. The topological polar surface area (TPSA) is 166 Å². The Labute approximate surface area is 325 Å². The smallest absolute Gasteiger partial charge is 0.264 e. The summed E-state index contributed by atoms with van der Waals surface area (Å²) in [6.45, 7) is 3.09. The van der Waals surface area contributed by atoms with E-state index in [1.807, 2.05) is 56.3 Å². The van der Waals surface area contributed by atoms with Crippen LogP contribution in [0.25, 0.3) is 0 Å². The maximum absolute atomic E-state index is 15.5. The number of aliphatic hydroxyl groups is 3. The van der Waals surface area contributed by atoms with Crippen molar-refractivity contribution in [3.05, 3.63) is 59.7 Å². The standard InChI is InChI=1S/C36H44N6O7S4/c1-18(2)34(51-6)30(49)42-26-33(20-14-10-12-16-22(20)38-26,24(45)36(42,53-8)29(48)40(34)4)32-19-13-9-11-15-21(19)37-25(32)41-27(46)31(17-43,50-5)39(3)28(47)35(41,52-7)23(32)44/h9-16,18,23-26,37-38,43-45H,17H2,1-8H3/t23-,24-,25-,26+,31-,32-,33+,34-,35-,36-/m0/s1. The summed E-state index contributed by atoms with van der Waals surface area (Å²) >= 11 is 4.37. The molecular formula is C36H44N6O7S4. The van der Waals surface area contributed by atoms with Gasteiger partial charge in [-0.05, 0) is 54.2 Å². The Balaban J connectivity index is 1.53. The number of carbonyl (C=O) groups is 4. The van der Waals surface area contributed by atoms with Crippen LogP contribution in [0.1, 0.15) is 25.0 Å². The van der Waals surface area contributed by atoms with Gasteiger partial charge in [-0.15, -0.1) is 47.0 Å². The Morgan fingerprint density at radius 1 is 0.660 bits per heavy atom. The summed E-state index contributed by atoms with van der Waals surface area (Å²) in [5.74, 6) is -2.39. The molecule has 17 heteroatoms. The van der Waals surface area contributed by atoms with E-state index >= 15 is 19.2 Å². The predicted octanol–water partition coefficient (Wildman–Crippen LogP) is 1.60. The van der Waals surface area contributed by atoms with Crippen LogP contribution in [0.3, 0.4) is 0 Å². The summed E-state index contributed by atoms with van der Waals surface area (Å²) in [7, 11) is 3.06. The first kappa shape index (κ1) is 37.1. The summed E-state index contributed by atoms with van der Waals surface area (Å²) < 4.78 is 0. The predicted molar refractivity (Wildman–Crippen MR) is 209 cm³/mol. The largest absolute Gasteiger partial charge is 0.392 e. The summed E-state index contributed by atoms with van der Waals surface area (Å²) in [5.41, 5.74) is -1.35. The minimum Gasteiger partial charge on any atom is -0.392 e. The first-order valence-corrected chi connectivity index (χ1v) is 22.2. The van der Waals surface area contributed by atoms with E-state index in [9.17, 15) is 15.3 Å². The Hall–Kier alpha value is -2.80. The first-order valence-electron chi connectivity index (χ1n) is 17.3. The third-order valence-corrected chi connectivity index (χ3v) is 18.6. The fourth-order valence-electron chi connectivity index (χ4n) is 11.1. The summed E-state index contributed by atoms with van der Waals surface area (Å²) in [6, 6.07) is 14.6. The first-order chi connectivity index (χ1) is 25.2. The van der Waals surface area contributed by atoms with Gasteiger partial charge in [0.15, 0.2) is 19.5 Å². The van der Waals surface area contributed by atoms with E-state index in [1.54, 1.807) is 38.1 Å². The third-order valence-electron chi connectivity index (χ3n) is 13.3. The molecule has 4 fully saturated rings. The van der Waals surface area contributed by atoms with E-state index < -0.39 is 79.2 Å². The minimum absolute atomic E-state index is 0.343. The molecule has 4 amide bonds. The van der Waals surface area contributed by atoms with Crippen molar-refractivity contribution in [2.75, 3.05) is 56.4 Å². The van der Waals surface area contributed by atoms with Crippen molar-refractivity contribution >= 4 is 82.1 Å². The van der Waals surface area contributed by atoms with E-state index in [0.717, 1.165) is 35.3 Å². The second-order valence-corrected chi connectivity index (χ2v) is 19.0. The number of benzene rings is 2. The zero-order chi connectivity index (χ0) is 38.4. The Morgan fingerprint density at radius 2 is 1.09 bits per heavy atom. The molecule has 284 valence electrons. The van der Waals surface area contributed by atoms with Crippen LogP contribution in [0.15, 0.2) is 48.5 Å². The molecule has 0 saturated carbocycles. The molecule has 2 aromatic rings. The van der Waals surface area contributed by atoms with Gasteiger partial charge in [-0.25, -0.2) is 0 Å². The van der Waals surface area contributed by atoms with Gasteiger partial charge in [0.1, 0.15) is 24.5 Å². The number of hydrogen-bond acceptors (Lipinski definition) is 13. The molecule has 0 aliphatic carbocycles. The lowest BCUT2D eigenvalue weighted by molar-refractivity contribution is -0.169. The van der Waals surface area contributed by atoms with Gasteiger partial charge < -0.3 is 35.8 Å². The van der Waals surface area contributed by atoms with Crippen LogP contribution in [0.4, 0.5) is 11.4 Å². The number of rotatable bonds is 7. The second-order valence-electron chi connectivity index (χ2n) is 14.8.